The van der Waals surface area contributed by atoms with Crippen LogP contribution in [0.25, 0.3) is 0 Å². The molecule has 1 aliphatic heterocycles. The lowest BCUT2D eigenvalue weighted by Gasteiger charge is -2.26. The number of amides is 1. The average Bonchev–Trinajstić information content (AvgIpc) is 3.22. The highest BCUT2D eigenvalue weighted by Crippen LogP contribution is 2.28. The summed E-state index contributed by atoms with van der Waals surface area (Å²) in [6.45, 7) is 1.26. The van der Waals surface area contributed by atoms with Crippen molar-refractivity contribution in [3.63, 3.8) is 0 Å². The largest absolute Gasteiger partial charge is 0.352 e. The first-order valence-corrected chi connectivity index (χ1v) is 12.3. The van der Waals surface area contributed by atoms with Crippen LogP contribution in [0.5, 0.6) is 0 Å². The number of rotatable bonds is 6. The molecular weight excluding hydrogens is 440 g/mol. The summed E-state index contributed by atoms with van der Waals surface area (Å²) in [5.74, 6) is -0.298. The van der Waals surface area contributed by atoms with Crippen LogP contribution in [0.2, 0.25) is 5.02 Å². The summed E-state index contributed by atoms with van der Waals surface area (Å²) in [4.78, 5) is 13.9. The highest BCUT2D eigenvalue weighted by Gasteiger charge is 2.29. The van der Waals surface area contributed by atoms with E-state index in [1.807, 2.05) is 29.6 Å². The summed E-state index contributed by atoms with van der Waals surface area (Å²) >= 11 is 7.65. The van der Waals surface area contributed by atoms with Crippen molar-refractivity contribution < 1.29 is 13.2 Å². The van der Waals surface area contributed by atoms with Gasteiger partial charge in [-0.1, -0.05) is 29.8 Å². The van der Waals surface area contributed by atoms with Crippen molar-refractivity contribution in [2.75, 3.05) is 13.1 Å². The molecule has 156 valence electrons. The first kappa shape index (κ1) is 21.1. The quantitative estimate of drug-likeness (QED) is 0.601. The van der Waals surface area contributed by atoms with Crippen LogP contribution in [-0.2, 0) is 29.4 Å². The second-order valence-electron chi connectivity index (χ2n) is 7.12. The van der Waals surface area contributed by atoms with Gasteiger partial charge in [0, 0.05) is 35.1 Å². The maximum atomic E-state index is 13.1. The van der Waals surface area contributed by atoms with Crippen LogP contribution in [-0.4, -0.2) is 31.7 Å². The number of hydrogen-bond donors (Lipinski definition) is 1. The van der Waals surface area contributed by atoms with E-state index in [1.165, 1.54) is 15.2 Å². The lowest BCUT2D eigenvalue weighted by molar-refractivity contribution is 0.0954. The third-order valence-corrected chi connectivity index (χ3v) is 8.19. The third-order valence-electron chi connectivity index (χ3n) is 5.09. The zero-order chi connectivity index (χ0) is 21.1. The van der Waals surface area contributed by atoms with Gasteiger partial charge in [-0.25, -0.2) is 8.42 Å². The van der Waals surface area contributed by atoms with Crippen LogP contribution < -0.4 is 5.32 Å². The Hall–Kier alpha value is -2.19. The predicted octanol–water partition coefficient (Wildman–Crippen LogP) is 4.12. The van der Waals surface area contributed by atoms with Crippen molar-refractivity contribution >= 4 is 38.9 Å². The molecule has 1 N–H and O–H groups in total. The van der Waals surface area contributed by atoms with E-state index in [4.69, 9.17) is 11.6 Å². The Morgan fingerprint density at radius 3 is 2.80 bits per heavy atom. The molecule has 5 nitrogen and oxygen atoms in total. The van der Waals surface area contributed by atoms with E-state index in [0.29, 0.717) is 36.6 Å². The second kappa shape index (κ2) is 8.89. The molecule has 0 saturated heterocycles. The molecule has 0 atom stereocenters. The molecule has 0 fully saturated rings. The van der Waals surface area contributed by atoms with Crippen molar-refractivity contribution in [1.82, 2.24) is 9.62 Å². The first-order chi connectivity index (χ1) is 14.4. The van der Waals surface area contributed by atoms with Crippen LogP contribution in [0.3, 0.4) is 0 Å². The molecule has 2 heterocycles. The Kier molecular flexibility index (Phi) is 6.24. The number of fused-ring (bicyclic) bond motifs is 1. The van der Waals surface area contributed by atoms with Crippen molar-refractivity contribution in [1.29, 1.82) is 0 Å². The van der Waals surface area contributed by atoms with Crippen molar-refractivity contribution in [3.05, 3.63) is 86.6 Å². The molecule has 1 amide bonds. The maximum absolute atomic E-state index is 13.1. The van der Waals surface area contributed by atoms with Gasteiger partial charge in [-0.2, -0.15) is 4.31 Å². The summed E-state index contributed by atoms with van der Waals surface area (Å²) < 4.78 is 27.7. The van der Waals surface area contributed by atoms with Gasteiger partial charge < -0.3 is 5.32 Å². The van der Waals surface area contributed by atoms with Crippen molar-refractivity contribution in [2.45, 2.75) is 24.3 Å². The number of benzene rings is 2. The number of carbonyl (C=O) groups is 1. The Morgan fingerprint density at radius 1 is 1.13 bits per heavy atom. The molecule has 0 spiro atoms. The number of carbonyl (C=O) groups excluding carboxylic acids is 1. The molecule has 0 aliphatic carbocycles. The van der Waals surface area contributed by atoms with E-state index >= 15 is 0 Å². The molecule has 30 heavy (non-hydrogen) atoms. The molecule has 0 unspecified atom stereocenters. The van der Waals surface area contributed by atoms with Gasteiger partial charge in [0.05, 0.1) is 4.90 Å². The normalized spacial score (nSPS) is 14.3. The predicted molar refractivity (Wildman–Crippen MR) is 120 cm³/mol. The number of hydrogen-bond acceptors (Lipinski definition) is 4. The summed E-state index contributed by atoms with van der Waals surface area (Å²) in [6, 6.07) is 15.7. The Labute approximate surface area is 185 Å². The fourth-order valence-corrected chi connectivity index (χ4v) is 6.06. The SMILES string of the molecule is O=C(NCCc1cccc(Cl)c1)c1cccc(S(=O)(=O)N2CCc3sccc3C2)c1. The molecule has 1 aromatic heterocycles. The smallest absolute Gasteiger partial charge is 0.251 e. The number of halogens is 1. The minimum absolute atomic E-state index is 0.142. The first-order valence-electron chi connectivity index (χ1n) is 9.61. The Balaban J connectivity index is 1.43. The number of nitrogens with one attached hydrogen (secondary N) is 1. The Bertz CT molecular complexity index is 1170. The number of nitrogens with zero attached hydrogens (tertiary/aromatic N) is 1. The molecule has 8 heteroatoms. The molecule has 4 rings (SSSR count). The zero-order valence-electron chi connectivity index (χ0n) is 16.2. The fourth-order valence-electron chi connectivity index (χ4n) is 3.49. The van der Waals surface area contributed by atoms with Gasteiger partial charge in [-0.15, -0.1) is 11.3 Å². The van der Waals surface area contributed by atoms with Gasteiger partial charge in [0.1, 0.15) is 0 Å². The molecule has 0 saturated carbocycles. The van der Waals surface area contributed by atoms with Gasteiger partial charge in [0.25, 0.3) is 5.91 Å². The molecule has 1 aliphatic rings. The minimum atomic E-state index is -3.66. The highest BCUT2D eigenvalue weighted by molar-refractivity contribution is 7.89. The summed E-state index contributed by atoms with van der Waals surface area (Å²) in [6.07, 6.45) is 1.36. The lowest BCUT2D eigenvalue weighted by atomic mass is 10.1. The maximum Gasteiger partial charge on any atom is 0.251 e. The van der Waals surface area contributed by atoms with E-state index in [1.54, 1.807) is 35.6 Å². The Morgan fingerprint density at radius 2 is 1.97 bits per heavy atom. The van der Waals surface area contributed by atoms with E-state index in [0.717, 1.165) is 17.5 Å². The monoisotopic (exact) mass is 460 g/mol. The van der Waals surface area contributed by atoms with Crippen LogP contribution in [0.15, 0.2) is 64.9 Å². The van der Waals surface area contributed by atoms with E-state index < -0.39 is 10.0 Å². The second-order valence-corrected chi connectivity index (χ2v) is 10.5. The van der Waals surface area contributed by atoms with Crippen LogP contribution >= 0.6 is 22.9 Å². The topological polar surface area (TPSA) is 66.5 Å². The summed E-state index contributed by atoms with van der Waals surface area (Å²) in [5, 5.41) is 5.50. The fraction of sp³-hybridized carbons (Fsp3) is 0.227. The van der Waals surface area contributed by atoms with E-state index in [9.17, 15) is 13.2 Å². The highest BCUT2D eigenvalue weighted by atomic mass is 35.5. The summed E-state index contributed by atoms with van der Waals surface area (Å²) in [7, 11) is -3.66. The van der Waals surface area contributed by atoms with Crippen LogP contribution in [0, 0.1) is 0 Å². The van der Waals surface area contributed by atoms with Crippen LogP contribution in [0.1, 0.15) is 26.4 Å². The van der Waals surface area contributed by atoms with E-state index in [-0.39, 0.29) is 10.8 Å². The minimum Gasteiger partial charge on any atom is -0.352 e. The molecular formula is C22H21ClN2O3S2. The zero-order valence-corrected chi connectivity index (χ0v) is 18.6. The standard InChI is InChI=1S/C22H21ClN2O3S2/c23-19-5-1-3-16(13-19)7-10-24-22(26)17-4-2-6-20(14-17)30(27,28)25-11-8-21-18(15-25)9-12-29-21/h1-6,9,12-14H,7-8,10-11,15H2,(H,24,26). The number of thiophene rings is 1. The van der Waals surface area contributed by atoms with Gasteiger partial charge >= 0.3 is 0 Å². The van der Waals surface area contributed by atoms with Gasteiger partial charge in [0.2, 0.25) is 10.0 Å². The molecule has 2 aromatic carbocycles. The molecule has 0 bridgehead atoms. The van der Waals surface area contributed by atoms with Crippen molar-refractivity contribution in [2.24, 2.45) is 0 Å². The van der Waals surface area contributed by atoms with Crippen molar-refractivity contribution in [3.8, 4) is 0 Å². The van der Waals surface area contributed by atoms with Gasteiger partial charge in [-0.05, 0) is 65.7 Å². The van der Waals surface area contributed by atoms with Gasteiger partial charge in [-0.3, -0.25) is 4.79 Å². The third kappa shape index (κ3) is 4.59. The van der Waals surface area contributed by atoms with E-state index in [2.05, 4.69) is 5.32 Å². The lowest BCUT2D eigenvalue weighted by Crippen LogP contribution is -2.35. The number of sulfonamides is 1. The summed E-state index contributed by atoms with van der Waals surface area (Å²) in [5.41, 5.74) is 2.41. The van der Waals surface area contributed by atoms with Crippen LogP contribution in [0.4, 0.5) is 0 Å². The molecule has 0 radical (unpaired) electrons. The van der Waals surface area contributed by atoms with Gasteiger partial charge in [0.15, 0.2) is 0 Å². The molecule has 3 aromatic rings. The average molecular weight is 461 g/mol.